The summed E-state index contributed by atoms with van der Waals surface area (Å²) in [7, 11) is 0. The van der Waals surface area contributed by atoms with Gasteiger partial charge in [-0.25, -0.2) is 8.78 Å². The van der Waals surface area contributed by atoms with Gasteiger partial charge in [-0.1, -0.05) is 11.6 Å². The smallest absolute Gasteiger partial charge is 0.225 e. The van der Waals surface area contributed by atoms with E-state index < -0.39 is 11.6 Å². The number of hydrogen-bond donors (Lipinski definition) is 2. The minimum Gasteiger partial charge on any atom is -0.322 e. The topological polar surface area (TPSA) is 41.1 Å². The Labute approximate surface area is 116 Å². The lowest BCUT2D eigenvalue weighted by atomic mass is 10.1. The maximum Gasteiger partial charge on any atom is 0.225 e. The molecule has 0 atom stereocenters. The van der Waals surface area contributed by atoms with Gasteiger partial charge in [0.05, 0.1) is 10.7 Å². The molecule has 1 amide bonds. The van der Waals surface area contributed by atoms with Crippen molar-refractivity contribution in [2.45, 2.75) is 32.7 Å². The lowest BCUT2D eigenvalue weighted by molar-refractivity contribution is -0.116. The quantitative estimate of drug-likeness (QED) is 0.893. The van der Waals surface area contributed by atoms with Crippen molar-refractivity contribution in [3.63, 3.8) is 0 Å². The highest BCUT2D eigenvalue weighted by Crippen LogP contribution is 2.26. The molecule has 0 aromatic heterocycles. The SMILES string of the molecule is CC(C)(C)NCCC(=O)Nc1c(F)cc(F)cc1Cl. The van der Waals surface area contributed by atoms with Gasteiger partial charge in [0.2, 0.25) is 5.91 Å². The van der Waals surface area contributed by atoms with Gasteiger partial charge in [-0.2, -0.15) is 0 Å². The van der Waals surface area contributed by atoms with Crippen molar-refractivity contribution >= 4 is 23.2 Å². The number of amides is 1. The molecule has 1 aromatic rings. The molecule has 106 valence electrons. The Morgan fingerprint density at radius 3 is 2.47 bits per heavy atom. The van der Waals surface area contributed by atoms with Crippen molar-refractivity contribution in [2.24, 2.45) is 0 Å². The van der Waals surface area contributed by atoms with Crippen LogP contribution < -0.4 is 10.6 Å². The van der Waals surface area contributed by atoms with Gasteiger partial charge in [0, 0.05) is 24.6 Å². The van der Waals surface area contributed by atoms with E-state index in [4.69, 9.17) is 11.6 Å². The normalized spacial score (nSPS) is 11.5. The molecule has 0 unspecified atom stereocenters. The van der Waals surface area contributed by atoms with Gasteiger partial charge in [0.1, 0.15) is 5.82 Å². The monoisotopic (exact) mass is 290 g/mol. The number of hydrogen-bond acceptors (Lipinski definition) is 2. The molecule has 0 bridgehead atoms. The van der Waals surface area contributed by atoms with Crippen molar-refractivity contribution in [1.82, 2.24) is 5.32 Å². The van der Waals surface area contributed by atoms with E-state index in [9.17, 15) is 13.6 Å². The van der Waals surface area contributed by atoms with Crippen LogP contribution in [0.2, 0.25) is 5.02 Å². The zero-order chi connectivity index (χ0) is 14.6. The highest BCUT2D eigenvalue weighted by molar-refractivity contribution is 6.33. The maximum atomic E-state index is 13.4. The van der Waals surface area contributed by atoms with Crippen LogP contribution in [-0.2, 0) is 4.79 Å². The Morgan fingerprint density at radius 2 is 1.95 bits per heavy atom. The molecule has 0 aliphatic carbocycles. The first-order chi connectivity index (χ1) is 8.69. The van der Waals surface area contributed by atoms with Gasteiger partial charge in [0.25, 0.3) is 0 Å². The van der Waals surface area contributed by atoms with Crippen LogP contribution in [0.4, 0.5) is 14.5 Å². The maximum absolute atomic E-state index is 13.4. The summed E-state index contributed by atoms with van der Waals surface area (Å²) in [5, 5.41) is 5.31. The molecule has 1 aromatic carbocycles. The molecule has 2 N–H and O–H groups in total. The van der Waals surface area contributed by atoms with E-state index >= 15 is 0 Å². The highest BCUT2D eigenvalue weighted by Gasteiger charge is 2.14. The van der Waals surface area contributed by atoms with Crippen LogP contribution in [0.15, 0.2) is 12.1 Å². The Hall–Kier alpha value is -1.20. The average Bonchev–Trinajstić information content (AvgIpc) is 2.21. The summed E-state index contributed by atoms with van der Waals surface area (Å²) in [5.74, 6) is -2.05. The third kappa shape index (κ3) is 5.53. The highest BCUT2D eigenvalue weighted by atomic mass is 35.5. The van der Waals surface area contributed by atoms with Crippen LogP contribution in [0.3, 0.4) is 0 Å². The molecule has 3 nitrogen and oxygen atoms in total. The standard InChI is InChI=1S/C13H17ClF2N2O/c1-13(2,3)17-5-4-11(19)18-12-9(14)6-8(15)7-10(12)16/h6-7,17H,4-5H2,1-3H3,(H,18,19). The first-order valence-electron chi connectivity index (χ1n) is 5.88. The number of halogens is 3. The number of nitrogens with one attached hydrogen (secondary N) is 2. The lowest BCUT2D eigenvalue weighted by Gasteiger charge is -2.20. The minimum atomic E-state index is -0.887. The molecular formula is C13H17ClF2N2O. The Bertz CT molecular complexity index is 449. The third-order valence-corrected chi connectivity index (χ3v) is 2.58. The van der Waals surface area contributed by atoms with Crippen molar-refractivity contribution in [3.8, 4) is 0 Å². The van der Waals surface area contributed by atoms with Crippen LogP contribution in [-0.4, -0.2) is 18.0 Å². The van der Waals surface area contributed by atoms with E-state index in [0.717, 1.165) is 6.07 Å². The van der Waals surface area contributed by atoms with E-state index in [1.807, 2.05) is 20.8 Å². The molecule has 19 heavy (non-hydrogen) atoms. The minimum absolute atomic E-state index is 0.0982. The van der Waals surface area contributed by atoms with Crippen LogP contribution in [0, 0.1) is 11.6 Å². The third-order valence-electron chi connectivity index (χ3n) is 2.28. The van der Waals surface area contributed by atoms with Crippen LogP contribution in [0.5, 0.6) is 0 Å². The average molecular weight is 291 g/mol. The molecule has 1 rings (SSSR count). The number of benzene rings is 1. The van der Waals surface area contributed by atoms with Crippen molar-refractivity contribution in [1.29, 1.82) is 0 Å². The van der Waals surface area contributed by atoms with E-state index in [1.54, 1.807) is 0 Å². The fourth-order valence-corrected chi connectivity index (χ4v) is 1.66. The number of carbonyl (C=O) groups excluding carboxylic acids is 1. The molecule has 0 aliphatic heterocycles. The van der Waals surface area contributed by atoms with Gasteiger partial charge in [-0.3, -0.25) is 4.79 Å². The predicted molar refractivity (Wildman–Crippen MR) is 72.4 cm³/mol. The van der Waals surface area contributed by atoms with Crippen LogP contribution >= 0.6 is 11.6 Å². The molecular weight excluding hydrogens is 274 g/mol. The molecule has 0 aliphatic rings. The largest absolute Gasteiger partial charge is 0.322 e. The Morgan fingerprint density at radius 1 is 1.32 bits per heavy atom. The van der Waals surface area contributed by atoms with E-state index in [-0.39, 0.29) is 28.6 Å². The first kappa shape index (κ1) is 15.9. The summed E-state index contributed by atoms with van der Waals surface area (Å²) < 4.78 is 26.3. The Balaban J connectivity index is 2.58. The number of rotatable bonds is 4. The summed E-state index contributed by atoms with van der Waals surface area (Å²) in [4.78, 5) is 11.6. The first-order valence-corrected chi connectivity index (χ1v) is 6.26. The van der Waals surface area contributed by atoms with Crippen LogP contribution in [0.1, 0.15) is 27.2 Å². The van der Waals surface area contributed by atoms with Crippen molar-refractivity contribution in [2.75, 3.05) is 11.9 Å². The fraction of sp³-hybridized carbons (Fsp3) is 0.462. The molecule has 0 spiro atoms. The molecule has 0 radical (unpaired) electrons. The van der Waals surface area contributed by atoms with Gasteiger partial charge in [-0.05, 0) is 26.8 Å². The van der Waals surface area contributed by atoms with E-state index in [1.165, 1.54) is 0 Å². The lowest BCUT2D eigenvalue weighted by Crippen LogP contribution is -2.37. The van der Waals surface area contributed by atoms with Gasteiger partial charge >= 0.3 is 0 Å². The van der Waals surface area contributed by atoms with Crippen molar-refractivity contribution < 1.29 is 13.6 Å². The second kappa shape index (κ2) is 6.30. The molecule has 0 heterocycles. The summed E-state index contributed by atoms with van der Waals surface area (Å²) in [6.07, 6.45) is 0.171. The summed E-state index contributed by atoms with van der Waals surface area (Å²) in [5.41, 5.74) is -0.289. The zero-order valence-corrected chi connectivity index (χ0v) is 11.9. The number of carbonyl (C=O) groups is 1. The summed E-state index contributed by atoms with van der Waals surface area (Å²) in [6.45, 7) is 6.38. The number of anilines is 1. The van der Waals surface area contributed by atoms with E-state index in [2.05, 4.69) is 10.6 Å². The van der Waals surface area contributed by atoms with Crippen molar-refractivity contribution in [3.05, 3.63) is 28.8 Å². The Kier molecular flexibility index (Phi) is 5.26. The molecule has 0 saturated carbocycles. The fourth-order valence-electron chi connectivity index (χ4n) is 1.41. The second-order valence-corrected chi connectivity index (χ2v) is 5.63. The van der Waals surface area contributed by atoms with Crippen LogP contribution in [0.25, 0.3) is 0 Å². The van der Waals surface area contributed by atoms with Gasteiger partial charge in [0.15, 0.2) is 5.82 Å². The zero-order valence-electron chi connectivity index (χ0n) is 11.1. The summed E-state index contributed by atoms with van der Waals surface area (Å²) in [6, 6.07) is 1.63. The van der Waals surface area contributed by atoms with E-state index in [0.29, 0.717) is 12.6 Å². The second-order valence-electron chi connectivity index (χ2n) is 5.22. The predicted octanol–water partition coefficient (Wildman–Crippen LogP) is 3.33. The van der Waals surface area contributed by atoms with Gasteiger partial charge < -0.3 is 10.6 Å². The summed E-state index contributed by atoms with van der Waals surface area (Å²) >= 11 is 5.68. The molecule has 0 fully saturated rings. The van der Waals surface area contributed by atoms with Gasteiger partial charge in [-0.15, -0.1) is 0 Å². The molecule has 6 heteroatoms. The molecule has 0 saturated heterocycles.